The molecule has 0 aliphatic carbocycles. The van der Waals surface area contributed by atoms with Crippen molar-refractivity contribution < 1.29 is 49.1 Å². The van der Waals surface area contributed by atoms with Crippen LogP contribution in [0.25, 0.3) is 0 Å². The predicted octanol–water partition coefficient (Wildman–Crippen LogP) is -5.28. The Morgan fingerprint density at radius 1 is 1.21 bits per heavy atom. The van der Waals surface area contributed by atoms with Crippen LogP contribution in [0.4, 0.5) is 4.79 Å². The number of carbonyl (C=O) groups excluding carboxylic acids is 1. The zero-order chi connectivity index (χ0) is 13.5. The van der Waals surface area contributed by atoms with Crippen LogP contribution in [0.1, 0.15) is 1.43 Å². The van der Waals surface area contributed by atoms with Crippen molar-refractivity contribution in [1.82, 2.24) is 25.8 Å². The molecule has 0 saturated carbocycles. The number of hydrogen-bond acceptors (Lipinski definition) is 6. The van der Waals surface area contributed by atoms with E-state index >= 15 is 0 Å². The minimum absolute atomic E-state index is 0. The molecule has 0 aromatic carbocycles. The van der Waals surface area contributed by atoms with E-state index in [0.29, 0.717) is 13.3 Å². The summed E-state index contributed by atoms with van der Waals surface area (Å²) in [6.07, 6.45) is 0. The van der Waals surface area contributed by atoms with Crippen molar-refractivity contribution >= 4 is 17.4 Å². The van der Waals surface area contributed by atoms with Crippen molar-refractivity contribution in [1.29, 1.82) is 0 Å². The molecule has 6 N–H and O–H groups in total. The number of urea groups is 1. The summed E-state index contributed by atoms with van der Waals surface area (Å²) in [6, 6.07) is -0.419. The number of nitrogens with two attached hydrogens (primary N) is 1. The fraction of sp³-hybridized carbons (Fsp3) is 0.857. The molecule has 19 heavy (non-hydrogen) atoms. The molecule has 2 amide bonds. The van der Waals surface area contributed by atoms with E-state index in [1.807, 2.05) is 10.0 Å². The monoisotopic (exact) mass is 306 g/mol. The third-order valence-electron chi connectivity index (χ3n) is 2.41. The molecule has 2 fully saturated rings. The number of amides is 2. The Bertz CT molecular complexity index is 285. The third-order valence-corrected chi connectivity index (χ3v) is 2.41. The summed E-state index contributed by atoms with van der Waals surface area (Å²) in [5.74, 6) is 0. The van der Waals surface area contributed by atoms with Crippen molar-refractivity contribution in [3.05, 3.63) is 0 Å². The maximum absolute atomic E-state index is 11.3. The summed E-state index contributed by atoms with van der Waals surface area (Å²) in [5.41, 5.74) is 5.34. The first-order chi connectivity index (χ1) is 8.52. The van der Waals surface area contributed by atoms with Crippen molar-refractivity contribution in [2.75, 3.05) is 39.5 Å². The summed E-state index contributed by atoms with van der Waals surface area (Å²) in [6.45, 7) is 4.79. The van der Waals surface area contributed by atoms with Gasteiger partial charge in [0.2, 0.25) is 0 Å². The molecule has 108 valence electrons. The minimum atomic E-state index is -2.61. The van der Waals surface area contributed by atoms with Gasteiger partial charge < -0.3 is 17.8 Å². The molecule has 2 rings (SSSR count). The van der Waals surface area contributed by atoms with Gasteiger partial charge in [0.05, 0.1) is 13.3 Å². The molecule has 2 heterocycles. The zero-order valence-electron chi connectivity index (χ0n) is 11.8. The molecule has 0 radical (unpaired) electrons. The van der Waals surface area contributed by atoms with Crippen molar-refractivity contribution in [2.45, 2.75) is 0 Å². The summed E-state index contributed by atoms with van der Waals surface area (Å²) in [4.78, 5) is 11.3. The van der Waals surface area contributed by atoms with Gasteiger partial charge in [-0.15, -0.1) is 0 Å². The molecule has 12 heteroatoms. The van der Waals surface area contributed by atoms with Gasteiger partial charge in [-0.05, 0) is 0 Å². The molecule has 2 aliphatic rings. The first-order valence-electron chi connectivity index (χ1n) is 5.33. The van der Waals surface area contributed by atoms with Crippen LogP contribution in [-0.2, 0) is 11.4 Å². The van der Waals surface area contributed by atoms with Gasteiger partial charge in [-0.25, -0.2) is 4.79 Å². The third kappa shape index (κ3) is 6.94. The van der Waals surface area contributed by atoms with Gasteiger partial charge in [-0.3, -0.25) is 9.11 Å². The number of rotatable bonds is 2. The Balaban J connectivity index is 0. The maximum atomic E-state index is 11.3. The van der Waals surface area contributed by atoms with Crippen LogP contribution >= 0.6 is 0 Å². The van der Waals surface area contributed by atoms with Crippen LogP contribution in [0, 0.1) is 0 Å². The Morgan fingerprint density at radius 2 is 1.58 bits per heavy atom. The number of primary amides is 1. The molecule has 0 atom stereocenters. The summed E-state index contributed by atoms with van der Waals surface area (Å²) >= 11 is -2.61. The molecule has 2 aliphatic heterocycles. The van der Waals surface area contributed by atoms with Gasteiger partial charge in [-0.2, -0.15) is 19.3 Å². The molecule has 10 nitrogen and oxygen atoms in total. The quantitative estimate of drug-likeness (QED) is 0.252. The van der Waals surface area contributed by atoms with Crippen molar-refractivity contribution in [3.8, 4) is 0 Å². The maximum Gasteiger partial charge on any atom is 1.00 e. The summed E-state index contributed by atoms with van der Waals surface area (Å²) in [7, 11) is 0. The topological polar surface area (TPSA) is 134 Å². The van der Waals surface area contributed by atoms with E-state index in [0.717, 1.165) is 26.2 Å². The second kappa shape index (κ2) is 9.99. The standard InChI is InChI=1S/C7H16N6O.Na.H2O3S.H/c8-7(14)13(11-3-1-9-5-11)12-4-2-10-6-12;;1-4(2)3;/h9-10H,1-6H2,(H2,8,14);;(H2,1,2,3);/q;+1;;-1. The molecular formula is C7H19N6NaO4S. The molecule has 0 bridgehead atoms. The Kier molecular flexibility index (Phi) is 10.1. The van der Waals surface area contributed by atoms with Gasteiger partial charge in [0.1, 0.15) is 0 Å². The predicted molar refractivity (Wildman–Crippen MR) is 65.1 cm³/mol. The second-order valence-corrected chi connectivity index (χ2v) is 4.10. The van der Waals surface area contributed by atoms with E-state index in [9.17, 15) is 4.79 Å². The average molecular weight is 306 g/mol. The number of nitrogens with one attached hydrogen (secondary N) is 2. The minimum Gasteiger partial charge on any atom is -1.00 e. The van der Waals surface area contributed by atoms with E-state index in [1.165, 1.54) is 5.12 Å². The Morgan fingerprint density at radius 3 is 1.79 bits per heavy atom. The number of hydrazine groups is 2. The molecule has 2 saturated heterocycles. The summed E-state index contributed by atoms with van der Waals surface area (Å²) in [5, 5.41) is 11.7. The average Bonchev–Trinajstić information content (AvgIpc) is 2.88. The van der Waals surface area contributed by atoms with Crippen LogP contribution in [0.5, 0.6) is 0 Å². The Hall–Kier alpha value is 0.180. The van der Waals surface area contributed by atoms with Crippen molar-refractivity contribution in [3.63, 3.8) is 0 Å². The Labute approximate surface area is 137 Å². The number of hydrogen-bond donors (Lipinski definition) is 5. The van der Waals surface area contributed by atoms with E-state index in [4.69, 9.17) is 19.0 Å². The van der Waals surface area contributed by atoms with Crippen molar-refractivity contribution in [2.24, 2.45) is 5.73 Å². The number of nitrogens with zero attached hydrogens (tertiary/aromatic N) is 3. The molecule has 0 unspecified atom stereocenters. The molecule has 0 spiro atoms. The molecule has 0 aromatic rings. The SMILES string of the molecule is NC(=O)N(N1CCNC1)N1CCNC1.O=S(O)O.[H-].[Na+]. The zero-order valence-corrected chi connectivity index (χ0v) is 13.6. The molecular weight excluding hydrogens is 287 g/mol. The van der Waals surface area contributed by atoms with E-state index in [2.05, 4.69) is 10.6 Å². The largest absolute Gasteiger partial charge is 1.00 e. The van der Waals surface area contributed by atoms with Crippen LogP contribution in [-0.4, -0.2) is 74.0 Å². The summed E-state index contributed by atoms with van der Waals surface area (Å²) < 4.78 is 22.8. The fourth-order valence-electron chi connectivity index (χ4n) is 1.77. The van der Waals surface area contributed by atoms with Gasteiger partial charge in [0.25, 0.3) is 11.4 Å². The van der Waals surface area contributed by atoms with Gasteiger partial charge in [0, 0.05) is 26.2 Å². The van der Waals surface area contributed by atoms with Gasteiger partial charge in [0.15, 0.2) is 0 Å². The van der Waals surface area contributed by atoms with Crippen LogP contribution in [0.3, 0.4) is 0 Å². The fourth-order valence-corrected chi connectivity index (χ4v) is 1.77. The smallest absolute Gasteiger partial charge is 1.00 e. The van der Waals surface area contributed by atoms with Crippen LogP contribution in [0.2, 0.25) is 0 Å². The normalized spacial score (nSPS) is 19.7. The van der Waals surface area contributed by atoms with Gasteiger partial charge >= 0.3 is 35.6 Å². The molecule has 0 aromatic heterocycles. The van der Waals surface area contributed by atoms with E-state index in [-0.39, 0.29) is 31.0 Å². The second-order valence-electron chi connectivity index (χ2n) is 3.63. The first kappa shape index (κ1) is 19.2. The van der Waals surface area contributed by atoms with Gasteiger partial charge in [-0.1, -0.05) is 0 Å². The van der Waals surface area contributed by atoms with Crippen LogP contribution in [0.15, 0.2) is 0 Å². The first-order valence-corrected chi connectivity index (χ1v) is 6.39. The van der Waals surface area contributed by atoms with E-state index < -0.39 is 17.4 Å². The van der Waals surface area contributed by atoms with Crippen LogP contribution < -0.4 is 45.9 Å². The number of carbonyl (C=O) groups is 1. The van der Waals surface area contributed by atoms with E-state index in [1.54, 1.807) is 0 Å².